The zero-order chi connectivity index (χ0) is 14.2. The van der Waals surface area contributed by atoms with Gasteiger partial charge in [-0.3, -0.25) is 4.79 Å². The van der Waals surface area contributed by atoms with Crippen LogP contribution in [-0.4, -0.2) is 25.1 Å². The molecule has 1 aliphatic rings. The Morgan fingerprint density at radius 3 is 2.70 bits per heavy atom. The molecule has 0 aliphatic heterocycles. The summed E-state index contributed by atoms with van der Waals surface area (Å²) in [6, 6.07) is 8.47. The SMILES string of the molecule is CCCCOc1ccc(CNCC(=O)NC2CC2)cc1. The largest absolute Gasteiger partial charge is 0.494 e. The molecule has 1 aromatic rings. The molecule has 1 amide bonds. The van der Waals surface area contributed by atoms with Gasteiger partial charge in [-0.1, -0.05) is 25.5 Å². The minimum atomic E-state index is 0.0898. The number of rotatable bonds is 9. The van der Waals surface area contributed by atoms with E-state index in [1.54, 1.807) is 0 Å². The van der Waals surface area contributed by atoms with Gasteiger partial charge in [-0.05, 0) is 37.0 Å². The smallest absolute Gasteiger partial charge is 0.234 e. The van der Waals surface area contributed by atoms with E-state index in [9.17, 15) is 4.79 Å². The van der Waals surface area contributed by atoms with E-state index < -0.39 is 0 Å². The van der Waals surface area contributed by atoms with E-state index in [4.69, 9.17) is 4.74 Å². The highest BCUT2D eigenvalue weighted by Gasteiger charge is 2.22. The van der Waals surface area contributed by atoms with Crippen molar-refractivity contribution in [3.8, 4) is 5.75 Å². The van der Waals surface area contributed by atoms with E-state index in [0.29, 0.717) is 19.1 Å². The highest BCUT2D eigenvalue weighted by molar-refractivity contribution is 5.78. The molecule has 20 heavy (non-hydrogen) atoms. The van der Waals surface area contributed by atoms with Gasteiger partial charge in [-0.15, -0.1) is 0 Å². The van der Waals surface area contributed by atoms with Crippen LogP contribution in [0.2, 0.25) is 0 Å². The number of amides is 1. The quantitative estimate of drug-likeness (QED) is 0.680. The average Bonchev–Trinajstić information content (AvgIpc) is 3.25. The third kappa shape index (κ3) is 5.61. The second-order valence-electron chi connectivity index (χ2n) is 5.29. The van der Waals surface area contributed by atoms with Crippen molar-refractivity contribution in [1.29, 1.82) is 0 Å². The summed E-state index contributed by atoms with van der Waals surface area (Å²) in [6.07, 6.45) is 4.49. The Hall–Kier alpha value is -1.55. The molecule has 2 rings (SSSR count). The number of hydrogen-bond donors (Lipinski definition) is 2. The van der Waals surface area contributed by atoms with Crippen LogP contribution in [0.15, 0.2) is 24.3 Å². The molecule has 4 heteroatoms. The van der Waals surface area contributed by atoms with Gasteiger partial charge in [-0.2, -0.15) is 0 Å². The summed E-state index contributed by atoms with van der Waals surface area (Å²) in [5.41, 5.74) is 1.16. The normalized spacial score (nSPS) is 14.1. The van der Waals surface area contributed by atoms with E-state index in [1.807, 2.05) is 24.3 Å². The predicted molar refractivity (Wildman–Crippen MR) is 79.7 cm³/mol. The monoisotopic (exact) mass is 276 g/mol. The molecule has 0 bridgehead atoms. The third-order valence-electron chi connectivity index (χ3n) is 3.25. The number of nitrogens with one attached hydrogen (secondary N) is 2. The van der Waals surface area contributed by atoms with Crippen LogP contribution in [0.5, 0.6) is 5.75 Å². The first-order valence-electron chi connectivity index (χ1n) is 7.49. The number of carbonyl (C=O) groups is 1. The molecule has 2 N–H and O–H groups in total. The average molecular weight is 276 g/mol. The minimum absolute atomic E-state index is 0.0898. The van der Waals surface area contributed by atoms with Crippen molar-refractivity contribution in [2.24, 2.45) is 0 Å². The van der Waals surface area contributed by atoms with Gasteiger partial charge in [0.05, 0.1) is 13.2 Å². The summed E-state index contributed by atoms with van der Waals surface area (Å²) < 4.78 is 5.61. The van der Waals surface area contributed by atoms with Crippen molar-refractivity contribution in [2.45, 2.75) is 45.2 Å². The lowest BCUT2D eigenvalue weighted by Crippen LogP contribution is -2.34. The minimum Gasteiger partial charge on any atom is -0.494 e. The zero-order valence-electron chi connectivity index (χ0n) is 12.2. The van der Waals surface area contributed by atoms with Crippen LogP contribution in [0, 0.1) is 0 Å². The lowest BCUT2D eigenvalue weighted by Gasteiger charge is -2.08. The predicted octanol–water partition coefficient (Wildman–Crippen LogP) is 2.23. The zero-order valence-corrected chi connectivity index (χ0v) is 12.2. The standard InChI is InChI=1S/C16H24N2O2/c1-2-3-10-20-15-8-4-13(5-9-15)11-17-12-16(19)18-14-6-7-14/h4-5,8-9,14,17H,2-3,6-7,10-12H2,1H3,(H,18,19). The number of ether oxygens (including phenoxy) is 1. The molecule has 1 aromatic carbocycles. The fraction of sp³-hybridized carbons (Fsp3) is 0.562. The number of carbonyl (C=O) groups excluding carboxylic acids is 1. The van der Waals surface area contributed by atoms with Crippen molar-refractivity contribution >= 4 is 5.91 Å². The van der Waals surface area contributed by atoms with Gasteiger partial charge < -0.3 is 15.4 Å². The second kappa shape index (κ2) is 7.90. The van der Waals surface area contributed by atoms with Crippen molar-refractivity contribution in [3.05, 3.63) is 29.8 Å². The first kappa shape index (κ1) is 14.9. The Labute approximate surface area is 120 Å². The van der Waals surface area contributed by atoms with Gasteiger partial charge in [0.25, 0.3) is 0 Å². The number of unbranched alkanes of at least 4 members (excludes halogenated alkanes) is 1. The first-order chi connectivity index (χ1) is 9.78. The molecule has 0 spiro atoms. The third-order valence-corrected chi connectivity index (χ3v) is 3.25. The van der Waals surface area contributed by atoms with Crippen molar-refractivity contribution in [1.82, 2.24) is 10.6 Å². The molecular weight excluding hydrogens is 252 g/mol. The van der Waals surface area contributed by atoms with Crippen LogP contribution >= 0.6 is 0 Å². The fourth-order valence-corrected chi connectivity index (χ4v) is 1.86. The van der Waals surface area contributed by atoms with Gasteiger partial charge in [0.2, 0.25) is 5.91 Å². The Bertz CT molecular complexity index is 413. The van der Waals surface area contributed by atoms with E-state index in [-0.39, 0.29) is 5.91 Å². The van der Waals surface area contributed by atoms with Crippen LogP contribution < -0.4 is 15.4 Å². The Morgan fingerprint density at radius 2 is 2.05 bits per heavy atom. The van der Waals surface area contributed by atoms with Crippen LogP contribution in [-0.2, 0) is 11.3 Å². The molecule has 110 valence electrons. The van der Waals surface area contributed by atoms with Gasteiger partial charge in [0.1, 0.15) is 5.75 Å². The molecule has 1 aliphatic carbocycles. The highest BCUT2D eigenvalue weighted by Crippen LogP contribution is 2.18. The highest BCUT2D eigenvalue weighted by atomic mass is 16.5. The van der Waals surface area contributed by atoms with Crippen molar-refractivity contribution < 1.29 is 9.53 Å². The summed E-state index contributed by atoms with van der Waals surface area (Å²) in [5, 5.41) is 6.11. The van der Waals surface area contributed by atoms with Crippen LogP contribution in [0.4, 0.5) is 0 Å². The van der Waals surface area contributed by atoms with E-state index in [2.05, 4.69) is 17.6 Å². The Balaban J connectivity index is 1.63. The maximum Gasteiger partial charge on any atom is 0.234 e. The maximum absolute atomic E-state index is 11.5. The van der Waals surface area contributed by atoms with Gasteiger partial charge in [-0.25, -0.2) is 0 Å². The molecule has 0 saturated heterocycles. The van der Waals surface area contributed by atoms with Gasteiger partial charge in [0, 0.05) is 12.6 Å². The maximum atomic E-state index is 11.5. The fourth-order valence-electron chi connectivity index (χ4n) is 1.86. The van der Waals surface area contributed by atoms with E-state index in [1.165, 1.54) is 0 Å². The summed E-state index contributed by atoms with van der Waals surface area (Å²) >= 11 is 0. The topological polar surface area (TPSA) is 50.4 Å². The summed E-state index contributed by atoms with van der Waals surface area (Å²) in [4.78, 5) is 11.5. The molecule has 1 fully saturated rings. The van der Waals surface area contributed by atoms with Crippen molar-refractivity contribution in [2.75, 3.05) is 13.2 Å². The van der Waals surface area contributed by atoms with E-state index in [0.717, 1.165) is 43.6 Å². The van der Waals surface area contributed by atoms with Crippen molar-refractivity contribution in [3.63, 3.8) is 0 Å². The number of benzene rings is 1. The summed E-state index contributed by atoms with van der Waals surface area (Å²) in [7, 11) is 0. The van der Waals surface area contributed by atoms with E-state index >= 15 is 0 Å². The lowest BCUT2D eigenvalue weighted by molar-refractivity contribution is -0.120. The Kier molecular flexibility index (Phi) is 5.87. The molecule has 0 heterocycles. The molecule has 0 atom stereocenters. The number of hydrogen-bond acceptors (Lipinski definition) is 3. The first-order valence-corrected chi connectivity index (χ1v) is 7.49. The van der Waals surface area contributed by atoms with Crippen LogP contribution in [0.1, 0.15) is 38.2 Å². The Morgan fingerprint density at radius 1 is 1.30 bits per heavy atom. The molecular formula is C16H24N2O2. The van der Waals surface area contributed by atoms with Crippen LogP contribution in [0.3, 0.4) is 0 Å². The lowest BCUT2D eigenvalue weighted by atomic mass is 10.2. The van der Waals surface area contributed by atoms with Gasteiger partial charge >= 0.3 is 0 Å². The molecule has 0 radical (unpaired) electrons. The van der Waals surface area contributed by atoms with Gasteiger partial charge in [0.15, 0.2) is 0 Å². The van der Waals surface area contributed by atoms with Crippen LogP contribution in [0.25, 0.3) is 0 Å². The molecule has 4 nitrogen and oxygen atoms in total. The second-order valence-corrected chi connectivity index (χ2v) is 5.29. The summed E-state index contributed by atoms with van der Waals surface area (Å²) in [6.45, 7) is 4.01. The summed E-state index contributed by atoms with van der Waals surface area (Å²) in [5.74, 6) is 1.00. The molecule has 0 aromatic heterocycles. The molecule has 1 saturated carbocycles. The molecule has 0 unspecified atom stereocenters.